The zero-order valence-corrected chi connectivity index (χ0v) is 12.4. The lowest BCUT2D eigenvalue weighted by Crippen LogP contribution is -2.24. The number of likely N-dealkylation sites (N-methyl/N-ethyl adjacent to an activating group) is 1. The Bertz CT molecular complexity index is 589. The van der Waals surface area contributed by atoms with E-state index in [1.54, 1.807) is 0 Å². The third-order valence-electron chi connectivity index (χ3n) is 3.03. The van der Waals surface area contributed by atoms with Crippen LogP contribution in [0.5, 0.6) is 0 Å². The molecular formula is C16H21N3O. The molecule has 0 spiro atoms. The Balaban J connectivity index is 2.10. The summed E-state index contributed by atoms with van der Waals surface area (Å²) in [6.07, 6.45) is 0. The summed E-state index contributed by atoms with van der Waals surface area (Å²) in [5, 5.41) is 8.26. The van der Waals surface area contributed by atoms with Gasteiger partial charge in [-0.1, -0.05) is 36.8 Å². The molecule has 0 amide bonds. The molecule has 0 atom stereocenters. The molecule has 2 aromatic rings. The molecule has 0 radical (unpaired) electrons. The van der Waals surface area contributed by atoms with Crippen molar-refractivity contribution in [2.24, 2.45) is 0 Å². The smallest absolute Gasteiger partial charge is 0.247 e. The van der Waals surface area contributed by atoms with Crippen LogP contribution in [-0.2, 0) is 6.54 Å². The molecule has 0 saturated carbocycles. The number of nitrogens with zero attached hydrogens (tertiary/aromatic N) is 3. The molecule has 0 fully saturated rings. The predicted molar refractivity (Wildman–Crippen MR) is 80.2 cm³/mol. The van der Waals surface area contributed by atoms with Gasteiger partial charge in [-0.05, 0) is 32.5 Å². The minimum Gasteiger partial charge on any atom is -0.419 e. The molecular weight excluding hydrogens is 250 g/mol. The zero-order valence-electron chi connectivity index (χ0n) is 12.4. The highest BCUT2D eigenvalue weighted by Gasteiger charge is 2.12. The van der Waals surface area contributed by atoms with Crippen LogP contribution in [-0.4, -0.2) is 28.2 Å². The van der Waals surface area contributed by atoms with Gasteiger partial charge >= 0.3 is 0 Å². The predicted octanol–water partition coefficient (Wildman–Crippen LogP) is 3.44. The van der Waals surface area contributed by atoms with Crippen molar-refractivity contribution in [1.82, 2.24) is 15.1 Å². The molecule has 0 unspecified atom stereocenters. The van der Waals surface area contributed by atoms with E-state index in [0.717, 1.165) is 24.2 Å². The SMILES string of the molecule is C=C(C)CN(CC)Cc1nnc(-c2cccc(C)c2)o1. The van der Waals surface area contributed by atoms with Crippen molar-refractivity contribution >= 4 is 0 Å². The summed E-state index contributed by atoms with van der Waals surface area (Å²) in [5.41, 5.74) is 3.27. The maximum absolute atomic E-state index is 5.75. The first-order valence-corrected chi connectivity index (χ1v) is 6.84. The van der Waals surface area contributed by atoms with E-state index in [0.29, 0.717) is 18.3 Å². The summed E-state index contributed by atoms with van der Waals surface area (Å²) in [7, 11) is 0. The largest absolute Gasteiger partial charge is 0.419 e. The zero-order chi connectivity index (χ0) is 14.5. The maximum atomic E-state index is 5.75. The second kappa shape index (κ2) is 6.48. The fraction of sp³-hybridized carbons (Fsp3) is 0.375. The summed E-state index contributed by atoms with van der Waals surface area (Å²) in [4.78, 5) is 2.22. The van der Waals surface area contributed by atoms with Gasteiger partial charge in [-0.2, -0.15) is 0 Å². The number of rotatable bonds is 6. The highest BCUT2D eigenvalue weighted by Crippen LogP contribution is 2.19. The van der Waals surface area contributed by atoms with Gasteiger partial charge in [0.15, 0.2) is 0 Å². The molecule has 1 aromatic carbocycles. The van der Waals surface area contributed by atoms with Gasteiger partial charge in [0, 0.05) is 12.1 Å². The number of aryl methyl sites for hydroxylation is 1. The molecule has 1 heterocycles. The van der Waals surface area contributed by atoms with Crippen LogP contribution in [0.3, 0.4) is 0 Å². The van der Waals surface area contributed by atoms with E-state index in [-0.39, 0.29) is 0 Å². The van der Waals surface area contributed by atoms with Gasteiger partial charge in [-0.15, -0.1) is 10.2 Å². The van der Waals surface area contributed by atoms with Crippen LogP contribution in [0.15, 0.2) is 40.8 Å². The van der Waals surface area contributed by atoms with Gasteiger partial charge in [-0.3, -0.25) is 4.90 Å². The van der Waals surface area contributed by atoms with Gasteiger partial charge in [0.1, 0.15) is 0 Å². The Labute approximate surface area is 120 Å². The second-order valence-corrected chi connectivity index (χ2v) is 5.13. The van der Waals surface area contributed by atoms with Crippen LogP contribution in [0.1, 0.15) is 25.3 Å². The van der Waals surface area contributed by atoms with E-state index in [2.05, 4.69) is 28.6 Å². The first-order chi connectivity index (χ1) is 9.58. The highest BCUT2D eigenvalue weighted by molar-refractivity contribution is 5.53. The summed E-state index contributed by atoms with van der Waals surface area (Å²) >= 11 is 0. The van der Waals surface area contributed by atoms with Gasteiger partial charge in [0.2, 0.25) is 11.8 Å². The van der Waals surface area contributed by atoms with Gasteiger partial charge in [0.25, 0.3) is 0 Å². The molecule has 2 rings (SSSR count). The van der Waals surface area contributed by atoms with Gasteiger partial charge < -0.3 is 4.42 Å². The van der Waals surface area contributed by atoms with Crippen LogP contribution < -0.4 is 0 Å². The molecule has 20 heavy (non-hydrogen) atoms. The Hall–Kier alpha value is -1.94. The third kappa shape index (κ3) is 3.78. The van der Waals surface area contributed by atoms with E-state index in [9.17, 15) is 0 Å². The molecule has 4 heteroatoms. The first kappa shape index (κ1) is 14.5. The maximum Gasteiger partial charge on any atom is 0.247 e. The van der Waals surface area contributed by atoms with Crippen molar-refractivity contribution in [2.45, 2.75) is 27.3 Å². The Kier molecular flexibility index (Phi) is 4.69. The average molecular weight is 271 g/mol. The van der Waals surface area contributed by atoms with E-state index < -0.39 is 0 Å². The average Bonchev–Trinajstić information content (AvgIpc) is 2.86. The van der Waals surface area contributed by atoms with E-state index in [4.69, 9.17) is 4.42 Å². The van der Waals surface area contributed by atoms with Crippen molar-refractivity contribution < 1.29 is 4.42 Å². The van der Waals surface area contributed by atoms with Crippen molar-refractivity contribution in [2.75, 3.05) is 13.1 Å². The van der Waals surface area contributed by atoms with Crippen LogP contribution in [0.25, 0.3) is 11.5 Å². The Morgan fingerprint density at radius 3 is 2.80 bits per heavy atom. The quantitative estimate of drug-likeness (QED) is 0.755. The topological polar surface area (TPSA) is 42.2 Å². The lowest BCUT2D eigenvalue weighted by atomic mass is 10.1. The van der Waals surface area contributed by atoms with E-state index >= 15 is 0 Å². The minimum absolute atomic E-state index is 0.579. The molecule has 0 aliphatic rings. The molecule has 0 aliphatic heterocycles. The summed E-state index contributed by atoms with van der Waals surface area (Å²) in [6.45, 7) is 12.5. The third-order valence-corrected chi connectivity index (χ3v) is 3.03. The van der Waals surface area contributed by atoms with Crippen LogP contribution in [0.4, 0.5) is 0 Å². The van der Waals surface area contributed by atoms with Crippen molar-refractivity contribution in [3.8, 4) is 11.5 Å². The second-order valence-electron chi connectivity index (χ2n) is 5.13. The Morgan fingerprint density at radius 1 is 1.35 bits per heavy atom. The van der Waals surface area contributed by atoms with Crippen molar-refractivity contribution in [1.29, 1.82) is 0 Å². The van der Waals surface area contributed by atoms with Crippen LogP contribution >= 0.6 is 0 Å². The van der Waals surface area contributed by atoms with Crippen LogP contribution in [0.2, 0.25) is 0 Å². The highest BCUT2D eigenvalue weighted by atomic mass is 16.4. The number of benzene rings is 1. The summed E-state index contributed by atoms with van der Waals surface area (Å²) < 4.78 is 5.75. The molecule has 0 bridgehead atoms. The number of hydrogen-bond acceptors (Lipinski definition) is 4. The van der Waals surface area contributed by atoms with Crippen molar-refractivity contribution in [3.63, 3.8) is 0 Å². The molecule has 1 aromatic heterocycles. The lowest BCUT2D eigenvalue weighted by Gasteiger charge is -2.17. The fourth-order valence-corrected chi connectivity index (χ4v) is 2.06. The summed E-state index contributed by atoms with van der Waals surface area (Å²) in [5.74, 6) is 1.22. The lowest BCUT2D eigenvalue weighted by molar-refractivity contribution is 0.271. The number of aromatic nitrogens is 2. The first-order valence-electron chi connectivity index (χ1n) is 6.84. The summed E-state index contributed by atoms with van der Waals surface area (Å²) in [6, 6.07) is 8.07. The molecule has 4 nitrogen and oxygen atoms in total. The monoisotopic (exact) mass is 271 g/mol. The standard InChI is InChI=1S/C16H21N3O/c1-5-19(10-12(2)3)11-15-17-18-16(20-15)14-8-6-7-13(4)9-14/h6-9H,2,5,10-11H2,1,3-4H3. The molecule has 0 N–H and O–H groups in total. The molecule has 0 saturated heterocycles. The van der Waals surface area contributed by atoms with Crippen molar-refractivity contribution in [3.05, 3.63) is 47.9 Å². The van der Waals surface area contributed by atoms with E-state index in [1.165, 1.54) is 5.56 Å². The molecule has 0 aliphatic carbocycles. The Morgan fingerprint density at radius 2 is 2.15 bits per heavy atom. The normalized spacial score (nSPS) is 11.0. The minimum atomic E-state index is 0.579. The van der Waals surface area contributed by atoms with Gasteiger partial charge in [0.05, 0.1) is 6.54 Å². The number of hydrogen-bond donors (Lipinski definition) is 0. The van der Waals surface area contributed by atoms with E-state index in [1.807, 2.05) is 38.1 Å². The molecule has 106 valence electrons. The van der Waals surface area contributed by atoms with Crippen LogP contribution in [0, 0.1) is 6.92 Å². The fourth-order valence-electron chi connectivity index (χ4n) is 2.06. The van der Waals surface area contributed by atoms with Gasteiger partial charge in [-0.25, -0.2) is 0 Å².